The minimum absolute atomic E-state index is 0.375. The first-order valence-corrected chi connectivity index (χ1v) is 6.51. The van der Waals surface area contributed by atoms with Crippen molar-refractivity contribution in [2.75, 3.05) is 11.9 Å². The fraction of sp³-hybridized carbons (Fsp3) is 0.250. The number of benzene rings is 2. The van der Waals surface area contributed by atoms with Crippen molar-refractivity contribution in [3.63, 3.8) is 0 Å². The molecule has 1 aliphatic rings. The summed E-state index contributed by atoms with van der Waals surface area (Å²) in [7, 11) is 0. The Hall–Kier alpha value is -2.16. The SMILES string of the molecule is Cc1cccc(CNc2ccc3c(c2)CCO3)c1O. The molecule has 3 nitrogen and oxygen atoms in total. The third-order valence-corrected chi connectivity index (χ3v) is 3.49. The smallest absolute Gasteiger partial charge is 0.123 e. The number of aromatic hydroxyl groups is 1. The summed E-state index contributed by atoms with van der Waals surface area (Å²) in [5.74, 6) is 1.36. The molecule has 3 heteroatoms. The van der Waals surface area contributed by atoms with Crippen molar-refractivity contribution in [3.8, 4) is 11.5 Å². The number of anilines is 1. The molecule has 0 fully saturated rings. The van der Waals surface area contributed by atoms with Crippen LogP contribution in [0.25, 0.3) is 0 Å². The molecule has 1 aliphatic heterocycles. The molecule has 0 bridgehead atoms. The number of ether oxygens (including phenoxy) is 1. The summed E-state index contributed by atoms with van der Waals surface area (Å²) in [5.41, 5.74) is 4.13. The maximum absolute atomic E-state index is 9.97. The van der Waals surface area contributed by atoms with Gasteiger partial charge in [-0.3, -0.25) is 0 Å². The molecule has 0 aromatic heterocycles. The van der Waals surface area contributed by atoms with Crippen LogP contribution in [0.3, 0.4) is 0 Å². The van der Waals surface area contributed by atoms with E-state index in [2.05, 4.69) is 11.4 Å². The first-order valence-electron chi connectivity index (χ1n) is 6.51. The molecule has 0 unspecified atom stereocenters. The number of hydrogen-bond acceptors (Lipinski definition) is 3. The normalized spacial score (nSPS) is 12.9. The summed E-state index contributed by atoms with van der Waals surface area (Å²) >= 11 is 0. The van der Waals surface area contributed by atoms with E-state index in [1.165, 1.54) is 5.56 Å². The number of aryl methyl sites for hydroxylation is 1. The third kappa shape index (κ3) is 2.36. The molecule has 98 valence electrons. The van der Waals surface area contributed by atoms with E-state index in [4.69, 9.17) is 4.74 Å². The average molecular weight is 255 g/mol. The highest BCUT2D eigenvalue weighted by atomic mass is 16.5. The summed E-state index contributed by atoms with van der Waals surface area (Å²) in [4.78, 5) is 0. The Bertz CT molecular complexity index is 608. The highest BCUT2D eigenvalue weighted by Gasteiger charge is 2.12. The lowest BCUT2D eigenvalue weighted by Crippen LogP contribution is -2.00. The summed E-state index contributed by atoms with van der Waals surface area (Å²) in [6.45, 7) is 3.30. The van der Waals surface area contributed by atoms with Gasteiger partial charge in [0.15, 0.2) is 0 Å². The van der Waals surface area contributed by atoms with E-state index in [0.29, 0.717) is 12.3 Å². The summed E-state index contributed by atoms with van der Waals surface area (Å²) < 4.78 is 5.48. The van der Waals surface area contributed by atoms with E-state index in [9.17, 15) is 5.11 Å². The monoisotopic (exact) mass is 255 g/mol. The summed E-state index contributed by atoms with van der Waals surface area (Å²) in [6, 6.07) is 11.9. The number of hydrogen-bond donors (Lipinski definition) is 2. The first kappa shape index (κ1) is 11.9. The molecule has 2 aromatic rings. The topological polar surface area (TPSA) is 41.5 Å². The number of fused-ring (bicyclic) bond motifs is 1. The van der Waals surface area contributed by atoms with Crippen molar-refractivity contribution < 1.29 is 9.84 Å². The molecule has 0 amide bonds. The predicted molar refractivity (Wildman–Crippen MR) is 75.8 cm³/mol. The molecule has 3 rings (SSSR count). The quantitative estimate of drug-likeness (QED) is 0.884. The Morgan fingerprint density at radius 1 is 1.26 bits per heavy atom. The maximum atomic E-state index is 9.97. The second kappa shape index (κ2) is 4.84. The molecule has 2 aromatic carbocycles. The van der Waals surface area contributed by atoms with Gasteiger partial charge in [-0.1, -0.05) is 18.2 Å². The molecule has 0 saturated heterocycles. The van der Waals surface area contributed by atoms with Gasteiger partial charge in [-0.2, -0.15) is 0 Å². The van der Waals surface area contributed by atoms with Crippen molar-refractivity contribution in [2.24, 2.45) is 0 Å². The van der Waals surface area contributed by atoms with E-state index >= 15 is 0 Å². The van der Waals surface area contributed by atoms with Crippen LogP contribution in [0, 0.1) is 6.92 Å². The van der Waals surface area contributed by atoms with Gasteiger partial charge in [-0.25, -0.2) is 0 Å². The van der Waals surface area contributed by atoms with Gasteiger partial charge in [0, 0.05) is 24.2 Å². The van der Waals surface area contributed by atoms with Gasteiger partial charge in [0.05, 0.1) is 6.61 Å². The third-order valence-electron chi connectivity index (χ3n) is 3.49. The zero-order valence-electron chi connectivity index (χ0n) is 10.9. The van der Waals surface area contributed by atoms with Crippen LogP contribution in [0.1, 0.15) is 16.7 Å². The van der Waals surface area contributed by atoms with Crippen molar-refractivity contribution in [2.45, 2.75) is 19.9 Å². The van der Waals surface area contributed by atoms with E-state index in [0.717, 1.165) is 35.6 Å². The van der Waals surface area contributed by atoms with Crippen LogP contribution in [-0.4, -0.2) is 11.7 Å². The highest BCUT2D eigenvalue weighted by molar-refractivity contribution is 5.53. The van der Waals surface area contributed by atoms with E-state index in [1.54, 1.807) is 0 Å². The van der Waals surface area contributed by atoms with Crippen molar-refractivity contribution in [1.82, 2.24) is 0 Å². The second-order valence-electron chi connectivity index (χ2n) is 4.86. The Morgan fingerprint density at radius 2 is 2.16 bits per heavy atom. The van der Waals surface area contributed by atoms with Gasteiger partial charge >= 0.3 is 0 Å². The van der Waals surface area contributed by atoms with Crippen molar-refractivity contribution in [3.05, 3.63) is 53.1 Å². The minimum Gasteiger partial charge on any atom is -0.507 e. The fourth-order valence-electron chi connectivity index (χ4n) is 2.36. The van der Waals surface area contributed by atoms with Gasteiger partial charge in [0.25, 0.3) is 0 Å². The van der Waals surface area contributed by atoms with Gasteiger partial charge in [-0.05, 0) is 36.2 Å². The van der Waals surface area contributed by atoms with Gasteiger partial charge in [-0.15, -0.1) is 0 Å². The Labute approximate surface area is 112 Å². The molecular formula is C16H17NO2. The molecule has 0 aliphatic carbocycles. The van der Waals surface area contributed by atoms with E-state index < -0.39 is 0 Å². The molecule has 2 N–H and O–H groups in total. The van der Waals surface area contributed by atoms with Crippen LogP contribution in [0.15, 0.2) is 36.4 Å². The molecule has 0 atom stereocenters. The van der Waals surface area contributed by atoms with Crippen LogP contribution in [-0.2, 0) is 13.0 Å². The zero-order chi connectivity index (χ0) is 13.2. The van der Waals surface area contributed by atoms with Crippen LogP contribution in [0.4, 0.5) is 5.69 Å². The van der Waals surface area contributed by atoms with Gasteiger partial charge in [0.2, 0.25) is 0 Å². The van der Waals surface area contributed by atoms with Crippen molar-refractivity contribution in [1.29, 1.82) is 0 Å². The Kier molecular flexibility index (Phi) is 3.03. The van der Waals surface area contributed by atoms with Crippen molar-refractivity contribution >= 4 is 5.69 Å². The molecular weight excluding hydrogens is 238 g/mol. The molecule has 0 radical (unpaired) electrons. The summed E-state index contributed by atoms with van der Waals surface area (Å²) in [6.07, 6.45) is 0.973. The predicted octanol–water partition coefficient (Wildman–Crippen LogP) is 3.25. The maximum Gasteiger partial charge on any atom is 0.123 e. The lowest BCUT2D eigenvalue weighted by atomic mass is 10.1. The largest absolute Gasteiger partial charge is 0.507 e. The number of rotatable bonds is 3. The Balaban J connectivity index is 1.74. The molecule has 0 saturated carbocycles. The number of para-hydroxylation sites is 1. The lowest BCUT2D eigenvalue weighted by molar-refractivity contribution is 0.357. The van der Waals surface area contributed by atoms with Crippen LogP contribution in [0.5, 0.6) is 11.5 Å². The minimum atomic E-state index is 0.375. The van der Waals surface area contributed by atoms with Crippen LogP contribution in [0.2, 0.25) is 0 Å². The molecule has 19 heavy (non-hydrogen) atoms. The van der Waals surface area contributed by atoms with E-state index in [1.807, 2.05) is 37.3 Å². The van der Waals surface area contributed by atoms with Crippen LogP contribution < -0.4 is 10.1 Å². The highest BCUT2D eigenvalue weighted by Crippen LogP contribution is 2.28. The summed E-state index contributed by atoms with van der Waals surface area (Å²) in [5, 5.41) is 13.3. The van der Waals surface area contributed by atoms with Gasteiger partial charge < -0.3 is 15.2 Å². The lowest BCUT2D eigenvalue weighted by Gasteiger charge is -2.10. The second-order valence-corrected chi connectivity index (χ2v) is 4.86. The zero-order valence-corrected chi connectivity index (χ0v) is 10.9. The van der Waals surface area contributed by atoms with Crippen LogP contribution >= 0.6 is 0 Å². The Morgan fingerprint density at radius 3 is 3.05 bits per heavy atom. The first-order chi connectivity index (χ1) is 9.24. The van der Waals surface area contributed by atoms with E-state index in [-0.39, 0.29) is 0 Å². The number of phenolic OH excluding ortho intramolecular Hbond substituents is 1. The number of phenols is 1. The average Bonchev–Trinajstić information content (AvgIpc) is 2.88. The standard InChI is InChI=1S/C16H17NO2/c1-11-3-2-4-13(16(11)18)10-17-14-5-6-15-12(9-14)7-8-19-15/h2-6,9,17-18H,7-8,10H2,1H3. The molecule has 0 spiro atoms. The fourth-order valence-corrected chi connectivity index (χ4v) is 2.36. The molecule has 1 heterocycles. The number of nitrogens with one attached hydrogen (secondary N) is 1. The van der Waals surface area contributed by atoms with Gasteiger partial charge in [0.1, 0.15) is 11.5 Å².